The number of guanidine groups is 1. The molecule has 0 unspecified atom stereocenters. The van der Waals surface area contributed by atoms with Crippen LogP contribution in [0.1, 0.15) is 5.56 Å². The van der Waals surface area contributed by atoms with Crippen LogP contribution >= 0.6 is 0 Å². The molecule has 1 heterocycles. The monoisotopic (exact) mass is 346 g/mol. The number of rotatable bonds is 8. The molecule has 0 saturated carbocycles. The number of hydrogen-bond acceptors (Lipinski definition) is 4. The topological polar surface area (TPSA) is 69.0 Å². The Morgan fingerprint density at radius 2 is 1.64 bits per heavy atom. The fourth-order valence-electron chi connectivity index (χ4n) is 2.47. The lowest BCUT2D eigenvalue weighted by Gasteiger charge is -2.16. The van der Waals surface area contributed by atoms with Crippen LogP contribution in [0.4, 0.5) is 0 Å². The Bertz CT molecular complexity index is 659. The normalized spacial score (nSPS) is 11.1. The van der Waals surface area contributed by atoms with E-state index in [-0.39, 0.29) is 0 Å². The number of ether oxygens (including phenoxy) is 3. The van der Waals surface area contributed by atoms with Gasteiger partial charge in [-0.25, -0.2) is 0 Å². The molecule has 0 fully saturated rings. The van der Waals surface area contributed by atoms with Crippen molar-refractivity contribution in [3.8, 4) is 17.2 Å². The number of aliphatic imine (C=N–C) groups is 1. The highest BCUT2D eigenvalue weighted by Gasteiger charge is 2.13. The molecule has 136 valence electrons. The summed E-state index contributed by atoms with van der Waals surface area (Å²) in [6.07, 6.45) is 4.07. The highest BCUT2D eigenvalue weighted by molar-refractivity contribution is 5.79. The van der Waals surface area contributed by atoms with E-state index < -0.39 is 0 Å². The van der Waals surface area contributed by atoms with E-state index in [0.717, 1.165) is 24.6 Å². The second-order valence-corrected chi connectivity index (χ2v) is 5.31. The van der Waals surface area contributed by atoms with Gasteiger partial charge in [-0.05, 0) is 29.8 Å². The van der Waals surface area contributed by atoms with Gasteiger partial charge < -0.3 is 29.4 Å². The first kappa shape index (κ1) is 18.5. The van der Waals surface area contributed by atoms with Crippen LogP contribution in [0.5, 0.6) is 17.2 Å². The molecule has 1 aromatic carbocycles. The molecular formula is C18H26N4O3. The van der Waals surface area contributed by atoms with Gasteiger partial charge in [0.1, 0.15) is 0 Å². The molecule has 0 saturated heterocycles. The van der Waals surface area contributed by atoms with Crippen molar-refractivity contribution in [1.29, 1.82) is 0 Å². The van der Waals surface area contributed by atoms with E-state index in [1.54, 1.807) is 28.4 Å². The van der Waals surface area contributed by atoms with Gasteiger partial charge in [-0.3, -0.25) is 4.99 Å². The van der Waals surface area contributed by atoms with Gasteiger partial charge in [0, 0.05) is 39.1 Å². The molecule has 7 nitrogen and oxygen atoms in total. The quantitative estimate of drug-likeness (QED) is 0.564. The van der Waals surface area contributed by atoms with E-state index in [4.69, 9.17) is 14.2 Å². The van der Waals surface area contributed by atoms with Crippen LogP contribution in [0.15, 0.2) is 41.7 Å². The molecule has 0 aliphatic carbocycles. The summed E-state index contributed by atoms with van der Waals surface area (Å²) in [6.45, 7) is 2.24. The number of benzene rings is 1. The summed E-state index contributed by atoms with van der Waals surface area (Å²) in [6, 6.07) is 7.86. The fraction of sp³-hybridized carbons (Fsp3) is 0.389. The number of nitrogens with zero attached hydrogens (tertiary/aromatic N) is 2. The summed E-state index contributed by atoms with van der Waals surface area (Å²) in [5, 5.41) is 6.57. The van der Waals surface area contributed by atoms with E-state index >= 15 is 0 Å². The molecule has 1 aromatic heterocycles. The van der Waals surface area contributed by atoms with Crippen molar-refractivity contribution in [3.63, 3.8) is 0 Å². The minimum absolute atomic E-state index is 0.583. The molecule has 0 amide bonds. The third-order valence-corrected chi connectivity index (χ3v) is 3.74. The molecule has 2 aromatic rings. The van der Waals surface area contributed by atoms with Gasteiger partial charge in [-0.1, -0.05) is 0 Å². The Morgan fingerprint density at radius 1 is 1.00 bits per heavy atom. The number of hydrogen-bond donors (Lipinski definition) is 2. The van der Waals surface area contributed by atoms with Crippen molar-refractivity contribution in [1.82, 2.24) is 15.2 Å². The van der Waals surface area contributed by atoms with Crippen LogP contribution < -0.4 is 24.8 Å². The van der Waals surface area contributed by atoms with Crippen LogP contribution in [0.3, 0.4) is 0 Å². The molecule has 7 heteroatoms. The minimum atomic E-state index is 0.583. The lowest BCUT2D eigenvalue weighted by Crippen LogP contribution is -2.38. The van der Waals surface area contributed by atoms with Crippen molar-refractivity contribution >= 4 is 5.96 Å². The molecule has 0 spiro atoms. The summed E-state index contributed by atoms with van der Waals surface area (Å²) in [5.74, 6) is 2.59. The molecule has 0 radical (unpaired) electrons. The van der Waals surface area contributed by atoms with E-state index in [1.165, 1.54) is 0 Å². The molecule has 2 rings (SSSR count). The van der Waals surface area contributed by atoms with Gasteiger partial charge >= 0.3 is 0 Å². The lowest BCUT2D eigenvalue weighted by molar-refractivity contribution is 0.323. The Morgan fingerprint density at radius 3 is 2.16 bits per heavy atom. The number of aromatic nitrogens is 1. The number of methoxy groups -OCH3 is 3. The van der Waals surface area contributed by atoms with E-state index in [9.17, 15) is 0 Å². The molecule has 0 atom stereocenters. The highest BCUT2D eigenvalue weighted by atomic mass is 16.5. The van der Waals surface area contributed by atoms with E-state index in [0.29, 0.717) is 23.8 Å². The second-order valence-electron chi connectivity index (χ2n) is 5.31. The molecule has 25 heavy (non-hydrogen) atoms. The molecule has 0 aliphatic heterocycles. The van der Waals surface area contributed by atoms with Gasteiger partial charge in [-0.2, -0.15) is 0 Å². The van der Waals surface area contributed by atoms with Gasteiger partial charge in [0.05, 0.1) is 21.3 Å². The third-order valence-electron chi connectivity index (χ3n) is 3.74. The smallest absolute Gasteiger partial charge is 0.203 e. The molecule has 2 N–H and O–H groups in total. The third kappa shape index (κ3) is 5.07. The largest absolute Gasteiger partial charge is 0.493 e. The Labute approximate surface area is 148 Å². The SMILES string of the molecule is CN=C(NCCn1cccc1)NCc1cc(OC)c(OC)c(OC)c1. The van der Waals surface area contributed by atoms with Gasteiger partial charge in [-0.15, -0.1) is 0 Å². The highest BCUT2D eigenvalue weighted by Crippen LogP contribution is 2.38. The Kier molecular flexibility index (Phi) is 7.00. The molecular weight excluding hydrogens is 320 g/mol. The first-order valence-electron chi connectivity index (χ1n) is 8.06. The first-order chi connectivity index (χ1) is 12.2. The van der Waals surface area contributed by atoms with Crippen molar-refractivity contribution in [2.75, 3.05) is 34.9 Å². The van der Waals surface area contributed by atoms with Crippen LogP contribution in [0, 0.1) is 0 Å². The average Bonchev–Trinajstić information content (AvgIpc) is 3.16. The molecule has 0 bridgehead atoms. The van der Waals surface area contributed by atoms with Crippen molar-refractivity contribution in [2.24, 2.45) is 4.99 Å². The summed E-state index contributed by atoms with van der Waals surface area (Å²) >= 11 is 0. The van der Waals surface area contributed by atoms with Crippen molar-refractivity contribution < 1.29 is 14.2 Å². The van der Waals surface area contributed by atoms with E-state index in [1.807, 2.05) is 36.7 Å². The van der Waals surface area contributed by atoms with Crippen LogP contribution in [-0.4, -0.2) is 45.4 Å². The standard InChI is InChI=1S/C18H26N4O3/c1-19-18(20-7-10-22-8-5-6-9-22)21-13-14-11-15(23-2)17(25-4)16(12-14)24-3/h5-6,8-9,11-12H,7,10,13H2,1-4H3,(H2,19,20,21). The summed E-state index contributed by atoms with van der Waals surface area (Å²) in [5.41, 5.74) is 1.00. The van der Waals surface area contributed by atoms with Gasteiger partial charge in [0.2, 0.25) is 5.75 Å². The summed E-state index contributed by atoms with van der Waals surface area (Å²) < 4.78 is 18.2. The maximum absolute atomic E-state index is 5.38. The Hall–Kier alpha value is -2.83. The van der Waals surface area contributed by atoms with Gasteiger partial charge in [0.25, 0.3) is 0 Å². The maximum Gasteiger partial charge on any atom is 0.203 e. The van der Waals surface area contributed by atoms with Crippen molar-refractivity contribution in [3.05, 3.63) is 42.2 Å². The zero-order chi connectivity index (χ0) is 18.1. The zero-order valence-corrected chi connectivity index (χ0v) is 15.2. The fourth-order valence-corrected chi connectivity index (χ4v) is 2.47. The minimum Gasteiger partial charge on any atom is -0.493 e. The Balaban J connectivity index is 1.94. The van der Waals surface area contributed by atoms with Crippen LogP contribution in [0.2, 0.25) is 0 Å². The van der Waals surface area contributed by atoms with Crippen LogP contribution in [-0.2, 0) is 13.1 Å². The second kappa shape index (κ2) is 9.46. The van der Waals surface area contributed by atoms with Crippen LogP contribution in [0.25, 0.3) is 0 Å². The predicted octanol–water partition coefficient (Wildman–Crippen LogP) is 1.88. The average molecular weight is 346 g/mol. The lowest BCUT2D eigenvalue weighted by atomic mass is 10.2. The maximum atomic E-state index is 5.38. The molecule has 0 aliphatic rings. The van der Waals surface area contributed by atoms with E-state index in [2.05, 4.69) is 20.2 Å². The summed E-state index contributed by atoms with van der Waals surface area (Å²) in [7, 11) is 6.56. The van der Waals surface area contributed by atoms with Gasteiger partial charge in [0.15, 0.2) is 17.5 Å². The zero-order valence-electron chi connectivity index (χ0n) is 15.2. The first-order valence-corrected chi connectivity index (χ1v) is 8.06. The summed E-state index contributed by atoms with van der Waals surface area (Å²) in [4.78, 5) is 4.24. The predicted molar refractivity (Wildman–Crippen MR) is 98.7 cm³/mol. The van der Waals surface area contributed by atoms with Crippen molar-refractivity contribution in [2.45, 2.75) is 13.1 Å². The number of nitrogens with one attached hydrogen (secondary N) is 2.